The summed E-state index contributed by atoms with van der Waals surface area (Å²) in [5.41, 5.74) is 11.4. The number of rotatable bonds is 8. The lowest BCUT2D eigenvalue weighted by atomic mass is 9.54. The van der Waals surface area contributed by atoms with Crippen molar-refractivity contribution in [3.8, 4) is 62.5 Å². The lowest BCUT2D eigenvalue weighted by Gasteiger charge is -2.51. The molecule has 5 aromatic carbocycles. The Bertz CT molecular complexity index is 2530. The van der Waals surface area contributed by atoms with Gasteiger partial charge < -0.3 is 0 Å². The maximum atomic E-state index is 9.54. The second kappa shape index (κ2) is 16.1. The molecule has 4 fully saturated rings. The maximum absolute atomic E-state index is 9.54. The Morgan fingerprint density at radius 3 is 1.39 bits per heavy atom. The van der Waals surface area contributed by atoms with Crippen molar-refractivity contribution in [1.29, 1.82) is 5.26 Å². The van der Waals surface area contributed by atoms with Crippen LogP contribution in [0.2, 0.25) is 0 Å². The highest BCUT2D eigenvalue weighted by atomic mass is 15.0. The average molecular weight is 801 g/mol. The van der Waals surface area contributed by atoms with E-state index in [9.17, 15) is 5.26 Å². The first-order valence-corrected chi connectivity index (χ1v) is 23.4. The largest absolute Gasteiger partial charge is 0.208 e. The van der Waals surface area contributed by atoms with Crippen molar-refractivity contribution in [3.63, 3.8) is 0 Å². The van der Waals surface area contributed by atoms with E-state index >= 15 is 0 Å². The molecule has 61 heavy (non-hydrogen) atoms. The Kier molecular flexibility index (Phi) is 10.5. The highest BCUT2D eigenvalue weighted by molar-refractivity contribution is 5.80. The predicted octanol–water partition coefficient (Wildman–Crippen LogP) is 14.7. The summed E-state index contributed by atoms with van der Waals surface area (Å²) in [7, 11) is 0. The lowest BCUT2D eigenvalue weighted by Crippen LogP contribution is -2.42. The van der Waals surface area contributed by atoms with Crippen LogP contribution in [0.3, 0.4) is 0 Å². The van der Waals surface area contributed by atoms with E-state index in [1.807, 2.05) is 24.3 Å². The molecule has 1 heterocycles. The van der Waals surface area contributed by atoms with E-state index < -0.39 is 0 Å². The molecule has 0 spiro atoms. The molecule has 10 rings (SSSR count). The molecule has 3 unspecified atom stereocenters. The zero-order valence-electron chi connectivity index (χ0n) is 36.6. The summed E-state index contributed by atoms with van der Waals surface area (Å²) in [6.45, 7) is 9.80. The Balaban J connectivity index is 1.08. The third-order valence-electron chi connectivity index (χ3n) is 15.5. The van der Waals surface area contributed by atoms with Crippen LogP contribution in [-0.4, -0.2) is 15.0 Å². The minimum atomic E-state index is 0.264. The Morgan fingerprint density at radius 1 is 0.475 bits per heavy atom. The van der Waals surface area contributed by atoms with Gasteiger partial charge in [0.1, 0.15) is 0 Å². The number of aromatic nitrogens is 3. The number of fused-ring (bicyclic) bond motifs is 4. The minimum absolute atomic E-state index is 0.264. The summed E-state index contributed by atoms with van der Waals surface area (Å²) in [5.74, 6) is 6.84. The molecule has 4 nitrogen and oxygen atoms in total. The quantitative estimate of drug-likeness (QED) is 0.154. The van der Waals surface area contributed by atoms with Gasteiger partial charge in [0.15, 0.2) is 17.5 Å². The van der Waals surface area contributed by atoms with Gasteiger partial charge in [-0.3, -0.25) is 0 Å². The number of hydrogen-bond acceptors (Lipinski definition) is 4. The van der Waals surface area contributed by atoms with Crippen LogP contribution in [-0.2, 0) is 10.8 Å². The van der Waals surface area contributed by atoms with Gasteiger partial charge in [-0.2, -0.15) is 5.26 Å². The van der Waals surface area contributed by atoms with E-state index in [0.29, 0.717) is 23.0 Å². The number of nitriles is 1. The van der Waals surface area contributed by atoms with Crippen molar-refractivity contribution in [2.75, 3.05) is 0 Å². The van der Waals surface area contributed by atoms with Crippen LogP contribution in [0, 0.1) is 46.8 Å². The fourth-order valence-corrected chi connectivity index (χ4v) is 13.4. The van der Waals surface area contributed by atoms with Crippen molar-refractivity contribution < 1.29 is 0 Å². The van der Waals surface area contributed by atoms with Gasteiger partial charge in [-0.05, 0) is 174 Å². The summed E-state index contributed by atoms with van der Waals surface area (Å²) >= 11 is 0. The molecule has 0 aliphatic heterocycles. The monoisotopic (exact) mass is 800 g/mol. The first kappa shape index (κ1) is 39.7. The Morgan fingerprint density at radius 2 is 0.902 bits per heavy atom. The molecule has 0 radical (unpaired) electrons. The fourth-order valence-electron chi connectivity index (χ4n) is 13.4. The fraction of sp³-hybridized carbons (Fsp3) is 0.404. The third-order valence-corrected chi connectivity index (χ3v) is 15.5. The standard InChI is InChI=1S/C57H60N4/c1-5-40-26-43-25-39(4)32-57(33-40,35-43)52-21-17-47(18-22-52)54-59-53(46-15-19-51(20-16-46)56-30-37(2)23-42(34-56)24-38(3)31-56)60-55(61-54)50-28-48(44-9-7-6-8-10-44)27-49(29-50)45-13-11-41(36-58)12-14-45/h6-22,27-29,37-40,42-43H,5,23-26,30-35H2,1-4H3/t37-,38+,39-,40+,42?,43-,56?,57?/m0/s1. The van der Waals surface area contributed by atoms with Gasteiger partial charge in [0.25, 0.3) is 0 Å². The molecule has 4 saturated carbocycles. The van der Waals surface area contributed by atoms with E-state index in [0.717, 1.165) is 74.5 Å². The molecule has 6 aromatic rings. The number of nitrogens with zero attached hydrogens (tertiary/aromatic N) is 4. The van der Waals surface area contributed by atoms with E-state index in [1.165, 1.54) is 81.8 Å². The zero-order chi connectivity index (χ0) is 41.7. The van der Waals surface area contributed by atoms with Crippen molar-refractivity contribution in [2.45, 2.75) is 109 Å². The molecule has 0 amide bonds. The van der Waals surface area contributed by atoms with Crippen LogP contribution >= 0.6 is 0 Å². The van der Waals surface area contributed by atoms with E-state index in [4.69, 9.17) is 15.0 Å². The van der Waals surface area contributed by atoms with Crippen molar-refractivity contribution in [3.05, 3.63) is 138 Å². The highest BCUT2D eigenvalue weighted by Crippen LogP contribution is 2.56. The van der Waals surface area contributed by atoms with Gasteiger partial charge in [-0.1, -0.05) is 125 Å². The van der Waals surface area contributed by atoms with E-state index in [2.05, 4.69) is 131 Å². The first-order valence-electron chi connectivity index (χ1n) is 23.4. The SMILES string of the molecule is CC[C@@H]1C[C@@H]2C[C@H](C)CC(c3ccc(-c4nc(-c5ccc(C67CC(C[C@@H](C)C6)C[C@H](C)C7)cc5)nc(-c5cc(-c6ccccc6)cc(-c6ccc(C#N)cc6)c5)n4)cc3)(C1)C2. The predicted molar refractivity (Wildman–Crippen MR) is 250 cm³/mol. The number of benzene rings is 5. The molecule has 0 N–H and O–H groups in total. The molecule has 8 atom stereocenters. The average Bonchev–Trinajstić information content (AvgIpc) is 3.28. The van der Waals surface area contributed by atoms with Gasteiger partial charge in [0.05, 0.1) is 11.6 Å². The molecule has 0 saturated heterocycles. The van der Waals surface area contributed by atoms with Crippen molar-refractivity contribution >= 4 is 0 Å². The van der Waals surface area contributed by atoms with E-state index in [1.54, 1.807) is 0 Å². The van der Waals surface area contributed by atoms with Gasteiger partial charge in [-0.15, -0.1) is 0 Å². The first-order chi connectivity index (χ1) is 29.7. The molecule has 1 aromatic heterocycles. The van der Waals surface area contributed by atoms with Crippen LogP contribution in [0.4, 0.5) is 0 Å². The number of hydrogen-bond donors (Lipinski definition) is 0. The second-order valence-corrected chi connectivity index (χ2v) is 20.4. The van der Waals surface area contributed by atoms with Crippen molar-refractivity contribution in [1.82, 2.24) is 15.0 Å². The topological polar surface area (TPSA) is 62.5 Å². The summed E-state index contributed by atoms with van der Waals surface area (Å²) in [6, 6.07) is 46.0. The summed E-state index contributed by atoms with van der Waals surface area (Å²) in [4.78, 5) is 15.9. The van der Waals surface area contributed by atoms with Crippen LogP contribution in [0.1, 0.15) is 115 Å². The van der Waals surface area contributed by atoms with Gasteiger partial charge in [-0.25, -0.2) is 15.0 Å². The smallest absolute Gasteiger partial charge is 0.164 e. The van der Waals surface area contributed by atoms with Crippen LogP contribution < -0.4 is 0 Å². The maximum Gasteiger partial charge on any atom is 0.164 e. The molecular weight excluding hydrogens is 741 g/mol. The van der Waals surface area contributed by atoms with Gasteiger partial charge in [0, 0.05) is 16.7 Å². The third kappa shape index (κ3) is 7.86. The summed E-state index contributed by atoms with van der Waals surface area (Å²) in [6.07, 6.45) is 14.6. The minimum Gasteiger partial charge on any atom is -0.208 e. The molecular formula is C57H60N4. The summed E-state index contributed by atoms with van der Waals surface area (Å²) < 4.78 is 0. The van der Waals surface area contributed by atoms with Crippen LogP contribution in [0.15, 0.2) is 121 Å². The van der Waals surface area contributed by atoms with E-state index in [-0.39, 0.29) is 10.8 Å². The summed E-state index contributed by atoms with van der Waals surface area (Å²) in [5, 5.41) is 9.54. The van der Waals surface area contributed by atoms with Crippen LogP contribution in [0.25, 0.3) is 56.4 Å². The molecule has 4 aliphatic rings. The second-order valence-electron chi connectivity index (χ2n) is 20.4. The van der Waals surface area contributed by atoms with Crippen molar-refractivity contribution in [2.24, 2.45) is 35.5 Å². The molecule has 4 heteroatoms. The highest BCUT2D eigenvalue weighted by Gasteiger charge is 2.46. The zero-order valence-corrected chi connectivity index (χ0v) is 36.6. The van der Waals surface area contributed by atoms with Crippen LogP contribution in [0.5, 0.6) is 0 Å². The lowest BCUT2D eigenvalue weighted by molar-refractivity contribution is 0.0702. The normalized spacial score (nSPS) is 28.2. The Hall–Kier alpha value is -5.40. The Labute approximate surface area is 364 Å². The molecule has 308 valence electrons. The molecule has 4 aliphatic carbocycles. The van der Waals surface area contributed by atoms with Gasteiger partial charge >= 0.3 is 0 Å². The molecule has 4 bridgehead atoms. The van der Waals surface area contributed by atoms with Gasteiger partial charge in [0.2, 0.25) is 0 Å².